The van der Waals surface area contributed by atoms with E-state index in [2.05, 4.69) is 15.5 Å². The van der Waals surface area contributed by atoms with Gasteiger partial charge < -0.3 is 20.3 Å². The number of para-hydroxylation sites is 2. The molecule has 2 saturated carbocycles. The first kappa shape index (κ1) is 18.3. The van der Waals surface area contributed by atoms with Gasteiger partial charge in [0.05, 0.1) is 36.4 Å². The van der Waals surface area contributed by atoms with Gasteiger partial charge >= 0.3 is 0 Å². The van der Waals surface area contributed by atoms with Crippen LogP contribution in [0.1, 0.15) is 38.5 Å². The molecule has 4 rings (SSSR count). The summed E-state index contributed by atoms with van der Waals surface area (Å²) in [5.74, 6) is -0.350. The molecule has 1 heterocycles. The molecular formula is C21H29N3O3. The number of hydrogen-bond acceptors (Lipinski definition) is 4. The molecule has 6 heteroatoms. The zero-order chi connectivity index (χ0) is 18.6. The molecule has 0 spiro atoms. The van der Waals surface area contributed by atoms with Crippen molar-refractivity contribution in [3.05, 3.63) is 24.3 Å². The third-order valence-corrected chi connectivity index (χ3v) is 5.93. The second kappa shape index (κ2) is 8.30. The number of rotatable bonds is 5. The Morgan fingerprint density at radius 3 is 2.44 bits per heavy atom. The molecule has 0 aromatic heterocycles. The Labute approximate surface area is 160 Å². The SMILES string of the molecule is O=C(Nc1ccccc1N1CCOCC1)C1CC1C(=O)NC1CCCCC1. The molecule has 27 heavy (non-hydrogen) atoms. The van der Waals surface area contributed by atoms with E-state index >= 15 is 0 Å². The van der Waals surface area contributed by atoms with E-state index in [-0.39, 0.29) is 23.7 Å². The number of hydrogen-bond donors (Lipinski definition) is 2. The van der Waals surface area contributed by atoms with Crippen molar-refractivity contribution in [2.75, 3.05) is 36.5 Å². The molecule has 1 aromatic carbocycles. The van der Waals surface area contributed by atoms with Crippen LogP contribution in [0.15, 0.2) is 24.3 Å². The highest BCUT2D eigenvalue weighted by atomic mass is 16.5. The van der Waals surface area contributed by atoms with Gasteiger partial charge in [0.25, 0.3) is 0 Å². The summed E-state index contributed by atoms with van der Waals surface area (Å²) in [6, 6.07) is 8.18. The largest absolute Gasteiger partial charge is 0.378 e. The van der Waals surface area contributed by atoms with E-state index in [4.69, 9.17) is 4.74 Å². The fourth-order valence-corrected chi connectivity index (χ4v) is 4.21. The highest BCUT2D eigenvalue weighted by Crippen LogP contribution is 2.40. The number of nitrogens with one attached hydrogen (secondary N) is 2. The number of anilines is 2. The molecule has 3 aliphatic rings. The van der Waals surface area contributed by atoms with Crippen LogP contribution in [0.2, 0.25) is 0 Å². The number of morpholine rings is 1. The van der Waals surface area contributed by atoms with Crippen molar-refractivity contribution >= 4 is 23.2 Å². The zero-order valence-electron chi connectivity index (χ0n) is 15.8. The van der Waals surface area contributed by atoms with Crippen molar-refractivity contribution in [2.24, 2.45) is 11.8 Å². The molecule has 2 aliphatic carbocycles. The fourth-order valence-electron chi connectivity index (χ4n) is 4.21. The van der Waals surface area contributed by atoms with Crippen molar-refractivity contribution in [3.63, 3.8) is 0 Å². The van der Waals surface area contributed by atoms with Gasteiger partial charge in [0.15, 0.2) is 0 Å². The summed E-state index contributed by atoms with van der Waals surface area (Å²) >= 11 is 0. The third-order valence-electron chi connectivity index (χ3n) is 5.93. The lowest BCUT2D eigenvalue weighted by molar-refractivity contribution is -0.126. The van der Waals surface area contributed by atoms with Crippen LogP contribution in [0, 0.1) is 11.8 Å². The maximum Gasteiger partial charge on any atom is 0.228 e. The number of benzene rings is 1. The van der Waals surface area contributed by atoms with Gasteiger partial charge in [-0.3, -0.25) is 9.59 Å². The molecule has 0 radical (unpaired) electrons. The quantitative estimate of drug-likeness (QED) is 0.834. The van der Waals surface area contributed by atoms with Crippen LogP contribution in [0.5, 0.6) is 0 Å². The Morgan fingerprint density at radius 1 is 0.963 bits per heavy atom. The third kappa shape index (κ3) is 4.43. The second-order valence-corrected chi connectivity index (χ2v) is 7.90. The van der Waals surface area contributed by atoms with E-state index in [1.807, 2.05) is 24.3 Å². The van der Waals surface area contributed by atoms with Crippen LogP contribution >= 0.6 is 0 Å². The highest BCUT2D eigenvalue weighted by Gasteiger charge is 2.48. The molecule has 2 unspecified atom stereocenters. The Bertz CT molecular complexity index is 681. The Balaban J connectivity index is 1.33. The molecule has 1 aliphatic heterocycles. The highest BCUT2D eigenvalue weighted by molar-refractivity contribution is 6.01. The summed E-state index contributed by atoms with van der Waals surface area (Å²) in [5, 5.41) is 6.21. The van der Waals surface area contributed by atoms with Crippen LogP contribution in [-0.2, 0) is 14.3 Å². The molecule has 1 saturated heterocycles. The maximum absolute atomic E-state index is 12.7. The first-order valence-electron chi connectivity index (χ1n) is 10.3. The lowest BCUT2D eigenvalue weighted by Gasteiger charge is -2.30. The molecular weight excluding hydrogens is 342 g/mol. The van der Waals surface area contributed by atoms with Gasteiger partial charge in [-0.2, -0.15) is 0 Å². The van der Waals surface area contributed by atoms with Gasteiger partial charge in [-0.25, -0.2) is 0 Å². The predicted octanol–water partition coefficient (Wildman–Crippen LogP) is 2.55. The number of nitrogens with zero attached hydrogens (tertiary/aromatic N) is 1. The molecule has 6 nitrogen and oxygen atoms in total. The molecule has 3 fully saturated rings. The van der Waals surface area contributed by atoms with Crippen LogP contribution in [-0.4, -0.2) is 44.2 Å². The van der Waals surface area contributed by atoms with E-state index in [1.54, 1.807) is 0 Å². The van der Waals surface area contributed by atoms with Crippen LogP contribution < -0.4 is 15.5 Å². The maximum atomic E-state index is 12.7. The Kier molecular flexibility index (Phi) is 5.62. The first-order valence-corrected chi connectivity index (χ1v) is 10.3. The van der Waals surface area contributed by atoms with E-state index in [9.17, 15) is 9.59 Å². The van der Waals surface area contributed by atoms with Gasteiger partial charge in [-0.05, 0) is 31.4 Å². The van der Waals surface area contributed by atoms with E-state index in [0.29, 0.717) is 25.7 Å². The topological polar surface area (TPSA) is 70.7 Å². The van der Waals surface area contributed by atoms with Gasteiger partial charge in [0.2, 0.25) is 11.8 Å². The van der Waals surface area contributed by atoms with E-state index < -0.39 is 0 Å². The minimum absolute atomic E-state index is 0.0421. The second-order valence-electron chi connectivity index (χ2n) is 7.90. The summed E-state index contributed by atoms with van der Waals surface area (Å²) in [4.78, 5) is 27.4. The van der Waals surface area contributed by atoms with Crippen LogP contribution in [0.25, 0.3) is 0 Å². The van der Waals surface area contributed by atoms with E-state index in [0.717, 1.165) is 37.3 Å². The number of ether oxygens (including phenoxy) is 1. The Hall–Kier alpha value is -2.08. The molecule has 2 atom stereocenters. The lowest BCUT2D eigenvalue weighted by Crippen LogP contribution is -2.38. The molecule has 2 amide bonds. The summed E-state index contributed by atoms with van der Waals surface area (Å²) in [6.45, 7) is 3.05. The van der Waals surface area contributed by atoms with Gasteiger partial charge in [0.1, 0.15) is 0 Å². The number of amides is 2. The molecule has 1 aromatic rings. The van der Waals surface area contributed by atoms with Crippen LogP contribution in [0.4, 0.5) is 11.4 Å². The van der Waals surface area contributed by atoms with Gasteiger partial charge in [0, 0.05) is 19.1 Å². The van der Waals surface area contributed by atoms with Crippen molar-refractivity contribution in [2.45, 2.75) is 44.6 Å². The van der Waals surface area contributed by atoms with Crippen molar-refractivity contribution in [1.82, 2.24) is 5.32 Å². The first-order chi connectivity index (χ1) is 13.2. The summed E-state index contributed by atoms with van der Waals surface area (Å²) in [7, 11) is 0. The van der Waals surface area contributed by atoms with Gasteiger partial charge in [-0.15, -0.1) is 0 Å². The summed E-state index contributed by atoms with van der Waals surface area (Å²) in [6.07, 6.45) is 6.45. The lowest BCUT2D eigenvalue weighted by atomic mass is 9.95. The van der Waals surface area contributed by atoms with Crippen molar-refractivity contribution < 1.29 is 14.3 Å². The van der Waals surface area contributed by atoms with Gasteiger partial charge in [-0.1, -0.05) is 31.4 Å². The van der Waals surface area contributed by atoms with Crippen molar-refractivity contribution in [3.8, 4) is 0 Å². The smallest absolute Gasteiger partial charge is 0.228 e. The van der Waals surface area contributed by atoms with E-state index in [1.165, 1.54) is 19.3 Å². The summed E-state index contributed by atoms with van der Waals surface area (Å²) in [5.41, 5.74) is 1.85. The normalized spacial score (nSPS) is 25.7. The standard InChI is InChI=1S/C21H29N3O3/c25-20(22-15-6-2-1-3-7-15)16-14-17(16)21(26)23-18-8-4-5-9-19(18)24-10-12-27-13-11-24/h4-5,8-9,15-17H,1-3,6-7,10-14H2,(H,22,25)(H,23,26). The average Bonchev–Trinajstić information content (AvgIpc) is 3.51. The number of carbonyl (C=O) groups excluding carboxylic acids is 2. The minimum atomic E-state index is -0.202. The minimum Gasteiger partial charge on any atom is -0.378 e. The van der Waals surface area contributed by atoms with Crippen LogP contribution in [0.3, 0.4) is 0 Å². The number of carbonyl (C=O) groups is 2. The fraction of sp³-hybridized carbons (Fsp3) is 0.619. The average molecular weight is 371 g/mol. The van der Waals surface area contributed by atoms with Crippen molar-refractivity contribution in [1.29, 1.82) is 0 Å². The monoisotopic (exact) mass is 371 g/mol. The summed E-state index contributed by atoms with van der Waals surface area (Å²) < 4.78 is 5.42. The Morgan fingerprint density at radius 2 is 1.67 bits per heavy atom. The predicted molar refractivity (Wildman–Crippen MR) is 105 cm³/mol. The molecule has 2 N–H and O–H groups in total. The molecule has 146 valence electrons. The molecule has 0 bridgehead atoms. The zero-order valence-corrected chi connectivity index (χ0v) is 15.8.